The SMILES string of the molecule is Cc1cc(C(=O)N(C)C(C)CN)nn1-c1ccccc1. The maximum Gasteiger partial charge on any atom is 0.274 e. The lowest BCUT2D eigenvalue weighted by Crippen LogP contribution is -2.39. The molecule has 0 aliphatic carbocycles. The average Bonchev–Trinajstić information content (AvgIpc) is 2.87. The van der Waals surface area contributed by atoms with Crippen molar-refractivity contribution in [1.29, 1.82) is 0 Å². The second-order valence-corrected chi connectivity index (χ2v) is 4.92. The summed E-state index contributed by atoms with van der Waals surface area (Å²) in [4.78, 5) is 14.0. The van der Waals surface area contributed by atoms with Gasteiger partial charge in [0.15, 0.2) is 5.69 Å². The lowest BCUT2D eigenvalue weighted by Gasteiger charge is -2.22. The number of likely N-dealkylation sites (N-methyl/N-ethyl adjacent to an activating group) is 1. The monoisotopic (exact) mass is 272 g/mol. The first-order chi connectivity index (χ1) is 9.54. The molecular formula is C15H20N4O. The molecule has 2 aromatic rings. The average molecular weight is 272 g/mol. The van der Waals surface area contributed by atoms with Gasteiger partial charge in [0, 0.05) is 25.3 Å². The molecule has 1 unspecified atom stereocenters. The lowest BCUT2D eigenvalue weighted by atomic mass is 10.2. The molecule has 1 aromatic carbocycles. The number of carbonyl (C=O) groups is 1. The first-order valence-electron chi connectivity index (χ1n) is 6.64. The minimum absolute atomic E-state index is 0.00955. The van der Waals surface area contributed by atoms with Crippen molar-refractivity contribution >= 4 is 5.91 Å². The summed E-state index contributed by atoms with van der Waals surface area (Å²) >= 11 is 0. The number of para-hydroxylation sites is 1. The van der Waals surface area contributed by atoms with Gasteiger partial charge in [0.2, 0.25) is 0 Å². The van der Waals surface area contributed by atoms with E-state index in [4.69, 9.17) is 5.73 Å². The second kappa shape index (κ2) is 5.88. The minimum atomic E-state index is -0.110. The highest BCUT2D eigenvalue weighted by Crippen LogP contribution is 2.13. The van der Waals surface area contributed by atoms with E-state index in [1.54, 1.807) is 22.7 Å². The Morgan fingerprint density at radius 3 is 2.65 bits per heavy atom. The first kappa shape index (κ1) is 14.3. The van der Waals surface area contributed by atoms with Gasteiger partial charge in [-0.05, 0) is 32.0 Å². The molecule has 0 aliphatic rings. The van der Waals surface area contributed by atoms with Crippen molar-refractivity contribution in [3.8, 4) is 5.69 Å². The van der Waals surface area contributed by atoms with Crippen LogP contribution in [0, 0.1) is 6.92 Å². The van der Waals surface area contributed by atoms with Gasteiger partial charge in [0.1, 0.15) is 0 Å². The quantitative estimate of drug-likeness (QED) is 0.919. The Morgan fingerprint density at radius 1 is 1.40 bits per heavy atom. The molecule has 106 valence electrons. The maximum atomic E-state index is 12.3. The second-order valence-electron chi connectivity index (χ2n) is 4.92. The fourth-order valence-electron chi connectivity index (χ4n) is 1.95. The smallest absolute Gasteiger partial charge is 0.274 e. The third-order valence-corrected chi connectivity index (χ3v) is 3.43. The number of aryl methyl sites for hydroxylation is 1. The van der Waals surface area contributed by atoms with Crippen molar-refractivity contribution in [2.75, 3.05) is 13.6 Å². The highest BCUT2D eigenvalue weighted by Gasteiger charge is 2.20. The Balaban J connectivity index is 2.30. The molecule has 0 aliphatic heterocycles. The summed E-state index contributed by atoms with van der Waals surface area (Å²) < 4.78 is 1.77. The number of nitrogens with zero attached hydrogens (tertiary/aromatic N) is 3. The van der Waals surface area contributed by atoms with Crippen LogP contribution < -0.4 is 5.73 Å². The van der Waals surface area contributed by atoms with Gasteiger partial charge in [-0.2, -0.15) is 5.10 Å². The number of nitrogens with two attached hydrogens (primary N) is 1. The maximum absolute atomic E-state index is 12.3. The van der Waals surface area contributed by atoms with E-state index in [9.17, 15) is 4.79 Å². The summed E-state index contributed by atoms with van der Waals surface area (Å²) in [5.74, 6) is -0.110. The third-order valence-electron chi connectivity index (χ3n) is 3.43. The van der Waals surface area contributed by atoms with Gasteiger partial charge in [-0.25, -0.2) is 4.68 Å². The van der Waals surface area contributed by atoms with Gasteiger partial charge in [-0.3, -0.25) is 4.79 Å². The molecular weight excluding hydrogens is 252 g/mol. The molecule has 0 saturated carbocycles. The van der Waals surface area contributed by atoms with Crippen molar-refractivity contribution in [2.24, 2.45) is 5.73 Å². The Labute approximate surface area is 119 Å². The summed E-state index contributed by atoms with van der Waals surface area (Å²) in [7, 11) is 1.75. The molecule has 1 heterocycles. The van der Waals surface area contributed by atoms with Crippen LogP contribution in [0.4, 0.5) is 0 Å². The lowest BCUT2D eigenvalue weighted by molar-refractivity contribution is 0.0742. The Hall–Kier alpha value is -2.14. The molecule has 0 saturated heterocycles. The molecule has 1 atom stereocenters. The van der Waals surface area contributed by atoms with Crippen LogP contribution in [0.1, 0.15) is 23.1 Å². The molecule has 0 fully saturated rings. The standard InChI is InChI=1S/C15H20N4O/c1-11-9-14(15(20)18(3)12(2)10-16)17-19(11)13-7-5-4-6-8-13/h4-9,12H,10,16H2,1-3H3. The van der Waals surface area contributed by atoms with Crippen LogP contribution in [-0.4, -0.2) is 40.2 Å². The molecule has 0 radical (unpaired) electrons. The summed E-state index contributed by atoms with van der Waals surface area (Å²) in [6.07, 6.45) is 0. The predicted octanol–water partition coefficient (Wildman–Crippen LogP) is 1.60. The molecule has 2 N–H and O–H groups in total. The van der Waals surface area contributed by atoms with E-state index in [-0.39, 0.29) is 11.9 Å². The fraction of sp³-hybridized carbons (Fsp3) is 0.333. The fourth-order valence-corrected chi connectivity index (χ4v) is 1.95. The summed E-state index contributed by atoms with van der Waals surface area (Å²) in [5.41, 5.74) is 7.90. The van der Waals surface area contributed by atoms with Crippen LogP contribution in [0.2, 0.25) is 0 Å². The van der Waals surface area contributed by atoms with E-state index in [0.29, 0.717) is 12.2 Å². The van der Waals surface area contributed by atoms with E-state index >= 15 is 0 Å². The molecule has 0 spiro atoms. The summed E-state index contributed by atoms with van der Waals surface area (Å²) in [6.45, 7) is 4.28. The van der Waals surface area contributed by atoms with Crippen LogP contribution >= 0.6 is 0 Å². The number of aromatic nitrogens is 2. The molecule has 5 nitrogen and oxygen atoms in total. The zero-order valence-electron chi connectivity index (χ0n) is 12.1. The number of hydrogen-bond donors (Lipinski definition) is 1. The number of rotatable bonds is 4. The molecule has 2 rings (SSSR count). The largest absolute Gasteiger partial charge is 0.336 e. The number of amides is 1. The van der Waals surface area contributed by atoms with E-state index in [0.717, 1.165) is 11.4 Å². The van der Waals surface area contributed by atoms with Crippen molar-refractivity contribution in [2.45, 2.75) is 19.9 Å². The van der Waals surface area contributed by atoms with Crippen molar-refractivity contribution < 1.29 is 4.79 Å². The minimum Gasteiger partial charge on any atom is -0.336 e. The number of benzene rings is 1. The van der Waals surface area contributed by atoms with E-state index in [1.807, 2.05) is 44.2 Å². The van der Waals surface area contributed by atoms with Crippen molar-refractivity contribution in [3.63, 3.8) is 0 Å². The van der Waals surface area contributed by atoms with E-state index < -0.39 is 0 Å². The Kier molecular flexibility index (Phi) is 4.20. The van der Waals surface area contributed by atoms with Gasteiger partial charge in [0.05, 0.1) is 5.69 Å². The number of carbonyl (C=O) groups excluding carboxylic acids is 1. The van der Waals surface area contributed by atoms with Crippen molar-refractivity contribution in [1.82, 2.24) is 14.7 Å². The van der Waals surface area contributed by atoms with Crippen LogP contribution in [0.3, 0.4) is 0 Å². The highest BCUT2D eigenvalue weighted by molar-refractivity contribution is 5.92. The first-order valence-corrected chi connectivity index (χ1v) is 6.64. The molecule has 5 heteroatoms. The zero-order chi connectivity index (χ0) is 14.7. The predicted molar refractivity (Wildman–Crippen MR) is 78.9 cm³/mol. The van der Waals surface area contributed by atoms with Gasteiger partial charge in [-0.15, -0.1) is 0 Å². The van der Waals surface area contributed by atoms with E-state index in [2.05, 4.69) is 5.10 Å². The molecule has 0 bridgehead atoms. The van der Waals surface area contributed by atoms with Gasteiger partial charge < -0.3 is 10.6 Å². The van der Waals surface area contributed by atoms with Gasteiger partial charge in [-0.1, -0.05) is 18.2 Å². The molecule has 20 heavy (non-hydrogen) atoms. The molecule has 1 aromatic heterocycles. The summed E-state index contributed by atoms with van der Waals surface area (Å²) in [5, 5.41) is 4.40. The third kappa shape index (κ3) is 2.72. The summed E-state index contributed by atoms with van der Waals surface area (Å²) in [6, 6.07) is 11.5. The Bertz CT molecular complexity index is 591. The van der Waals surface area contributed by atoms with Gasteiger partial charge >= 0.3 is 0 Å². The van der Waals surface area contributed by atoms with Gasteiger partial charge in [0.25, 0.3) is 5.91 Å². The molecule has 1 amide bonds. The highest BCUT2D eigenvalue weighted by atomic mass is 16.2. The topological polar surface area (TPSA) is 64.2 Å². The zero-order valence-corrected chi connectivity index (χ0v) is 12.1. The van der Waals surface area contributed by atoms with Crippen LogP contribution in [-0.2, 0) is 0 Å². The Morgan fingerprint density at radius 2 is 2.05 bits per heavy atom. The van der Waals surface area contributed by atoms with Crippen LogP contribution in [0.15, 0.2) is 36.4 Å². The van der Waals surface area contributed by atoms with Crippen LogP contribution in [0.5, 0.6) is 0 Å². The normalized spacial score (nSPS) is 12.2. The van der Waals surface area contributed by atoms with Crippen molar-refractivity contribution in [3.05, 3.63) is 47.8 Å². The van der Waals surface area contributed by atoms with Crippen LogP contribution in [0.25, 0.3) is 5.69 Å². The van der Waals surface area contributed by atoms with E-state index in [1.165, 1.54) is 0 Å². The number of hydrogen-bond acceptors (Lipinski definition) is 3.